The Balaban J connectivity index is 3.43. The van der Waals surface area contributed by atoms with Gasteiger partial charge in [-0.2, -0.15) is 13.2 Å². The fraction of sp³-hybridized carbons (Fsp3) is 0.400. The van der Waals surface area contributed by atoms with Crippen molar-refractivity contribution in [2.45, 2.75) is 19.5 Å². The van der Waals surface area contributed by atoms with Crippen molar-refractivity contribution in [1.82, 2.24) is 4.98 Å². The molecule has 0 aliphatic rings. The van der Waals surface area contributed by atoms with Crippen molar-refractivity contribution in [1.29, 1.82) is 0 Å². The van der Waals surface area contributed by atoms with Gasteiger partial charge in [-0.25, -0.2) is 18.6 Å². The number of carbonyl (C=O) groups excluding carboxylic acids is 1. The minimum Gasteiger partial charge on any atom is -0.461 e. The van der Waals surface area contributed by atoms with Gasteiger partial charge in [-0.3, -0.25) is 0 Å². The summed E-state index contributed by atoms with van der Waals surface area (Å²) in [6.07, 6.45) is -8.54. The number of hydrogen-bond acceptors (Lipinski definition) is 4. The molecule has 0 saturated carbocycles. The Hall–Kier alpha value is -1.93. The lowest BCUT2D eigenvalue weighted by Gasteiger charge is -2.14. The Bertz CT molecular complexity index is 488. The summed E-state index contributed by atoms with van der Waals surface area (Å²) >= 11 is 0. The molecule has 0 fully saturated rings. The predicted octanol–water partition coefficient (Wildman–Crippen LogP) is 2.80. The summed E-state index contributed by atoms with van der Waals surface area (Å²) in [5.41, 5.74) is 0.584. The first-order chi connectivity index (χ1) is 8.68. The molecule has 0 radical (unpaired) electrons. The molecule has 9 heteroatoms. The molecule has 1 heterocycles. The van der Waals surface area contributed by atoms with E-state index in [1.54, 1.807) is 0 Å². The Kier molecular flexibility index (Phi) is 4.28. The molecule has 0 saturated heterocycles. The lowest BCUT2D eigenvalue weighted by Crippen LogP contribution is -2.18. The molecule has 106 valence electrons. The normalized spacial score (nSPS) is 11.7. The lowest BCUT2D eigenvalue weighted by molar-refractivity contribution is -0.143. The van der Waals surface area contributed by atoms with Crippen LogP contribution < -0.4 is 5.73 Å². The number of carbonyl (C=O) groups is 1. The molecule has 19 heavy (non-hydrogen) atoms. The van der Waals surface area contributed by atoms with E-state index in [1.807, 2.05) is 0 Å². The highest BCUT2D eigenvalue weighted by molar-refractivity contribution is 5.93. The molecule has 0 spiro atoms. The van der Waals surface area contributed by atoms with Gasteiger partial charge in [-0.15, -0.1) is 0 Å². The van der Waals surface area contributed by atoms with Gasteiger partial charge >= 0.3 is 12.1 Å². The van der Waals surface area contributed by atoms with Crippen LogP contribution in [0.15, 0.2) is 6.07 Å². The summed E-state index contributed by atoms with van der Waals surface area (Å²) in [5, 5.41) is 0. The molecular formula is C10H9F5N2O2. The zero-order valence-electron chi connectivity index (χ0n) is 9.59. The first-order valence-corrected chi connectivity index (χ1v) is 5.01. The second-order valence-corrected chi connectivity index (χ2v) is 3.38. The van der Waals surface area contributed by atoms with E-state index in [9.17, 15) is 26.7 Å². The monoisotopic (exact) mass is 284 g/mol. The number of ether oxygens (including phenoxy) is 1. The third kappa shape index (κ3) is 3.30. The number of halogens is 5. The summed E-state index contributed by atoms with van der Waals surface area (Å²) < 4.78 is 67.2. The third-order valence-corrected chi connectivity index (χ3v) is 2.05. The van der Waals surface area contributed by atoms with Gasteiger partial charge in [0.05, 0.1) is 17.9 Å². The molecule has 0 aromatic carbocycles. The maximum Gasteiger partial charge on any atom is 0.433 e. The number of anilines is 1. The Morgan fingerprint density at radius 3 is 2.47 bits per heavy atom. The number of nitrogens with zero attached hydrogens (tertiary/aromatic N) is 1. The number of alkyl halides is 5. The summed E-state index contributed by atoms with van der Waals surface area (Å²) in [4.78, 5) is 14.2. The van der Waals surface area contributed by atoms with Crippen molar-refractivity contribution >= 4 is 11.7 Å². The van der Waals surface area contributed by atoms with Gasteiger partial charge < -0.3 is 10.5 Å². The number of nitrogens with two attached hydrogens (primary N) is 1. The van der Waals surface area contributed by atoms with Crippen LogP contribution in [-0.2, 0) is 10.9 Å². The molecule has 0 atom stereocenters. The van der Waals surface area contributed by atoms with Crippen LogP contribution in [0, 0.1) is 0 Å². The maximum absolute atomic E-state index is 12.6. The zero-order valence-corrected chi connectivity index (χ0v) is 9.59. The molecule has 0 aliphatic heterocycles. The number of nitrogen functional groups attached to an aromatic ring is 1. The molecule has 1 aromatic heterocycles. The van der Waals surface area contributed by atoms with Gasteiger partial charge in [0, 0.05) is 0 Å². The van der Waals surface area contributed by atoms with Crippen LogP contribution in [0.4, 0.5) is 27.6 Å². The number of hydrogen-bond donors (Lipinski definition) is 1. The highest BCUT2D eigenvalue weighted by atomic mass is 19.4. The van der Waals surface area contributed by atoms with E-state index >= 15 is 0 Å². The van der Waals surface area contributed by atoms with E-state index in [1.165, 1.54) is 6.92 Å². The third-order valence-electron chi connectivity index (χ3n) is 2.05. The number of pyridine rings is 1. The van der Waals surface area contributed by atoms with Gasteiger partial charge in [-0.1, -0.05) is 0 Å². The smallest absolute Gasteiger partial charge is 0.433 e. The van der Waals surface area contributed by atoms with Crippen molar-refractivity contribution in [3.05, 3.63) is 23.0 Å². The lowest BCUT2D eigenvalue weighted by atomic mass is 10.1. The number of rotatable bonds is 3. The van der Waals surface area contributed by atoms with Gasteiger partial charge in [0.25, 0.3) is 6.43 Å². The van der Waals surface area contributed by atoms with E-state index < -0.39 is 41.2 Å². The standard InChI is InChI=1S/C10H9F5N2O2/c1-2-19-9(18)6-5(16)3-4(8(11)12)7(17-6)10(13,14)15/h3,8H,2,16H2,1H3. The van der Waals surface area contributed by atoms with E-state index in [-0.39, 0.29) is 6.61 Å². The molecule has 1 aromatic rings. The van der Waals surface area contributed by atoms with Crippen LogP contribution in [0.2, 0.25) is 0 Å². The van der Waals surface area contributed by atoms with Gasteiger partial charge in [0.1, 0.15) is 0 Å². The average Bonchev–Trinajstić information content (AvgIpc) is 2.26. The second kappa shape index (κ2) is 5.37. The molecule has 1 rings (SSSR count). The first-order valence-electron chi connectivity index (χ1n) is 5.01. The van der Waals surface area contributed by atoms with E-state index in [0.29, 0.717) is 6.07 Å². The molecule has 0 bridgehead atoms. The van der Waals surface area contributed by atoms with Crippen LogP contribution in [-0.4, -0.2) is 17.6 Å². The van der Waals surface area contributed by atoms with Crippen molar-refractivity contribution in [2.24, 2.45) is 0 Å². The van der Waals surface area contributed by atoms with E-state index in [4.69, 9.17) is 5.73 Å². The Morgan fingerprint density at radius 2 is 2.05 bits per heavy atom. The molecular weight excluding hydrogens is 275 g/mol. The summed E-state index contributed by atoms with van der Waals surface area (Å²) in [7, 11) is 0. The molecule has 0 aliphatic carbocycles. The number of esters is 1. The fourth-order valence-electron chi connectivity index (χ4n) is 1.30. The molecule has 2 N–H and O–H groups in total. The van der Waals surface area contributed by atoms with Crippen molar-refractivity contribution in [3.8, 4) is 0 Å². The average molecular weight is 284 g/mol. The Labute approximate surface area is 104 Å². The SMILES string of the molecule is CCOC(=O)c1nc(C(F)(F)F)c(C(F)F)cc1N. The molecule has 4 nitrogen and oxygen atoms in total. The van der Waals surface area contributed by atoms with Crippen LogP contribution in [0.1, 0.15) is 35.1 Å². The van der Waals surface area contributed by atoms with Crippen LogP contribution >= 0.6 is 0 Å². The molecule has 0 amide bonds. The van der Waals surface area contributed by atoms with Crippen molar-refractivity contribution in [3.63, 3.8) is 0 Å². The van der Waals surface area contributed by atoms with Gasteiger partial charge in [0.2, 0.25) is 0 Å². The first kappa shape index (κ1) is 15.1. The van der Waals surface area contributed by atoms with Crippen molar-refractivity contribution < 1.29 is 31.5 Å². The highest BCUT2D eigenvalue weighted by Gasteiger charge is 2.39. The summed E-state index contributed by atoms with van der Waals surface area (Å²) in [6, 6.07) is 0.382. The van der Waals surface area contributed by atoms with Crippen LogP contribution in [0.5, 0.6) is 0 Å². The predicted molar refractivity (Wildman–Crippen MR) is 54.6 cm³/mol. The number of aromatic nitrogens is 1. The largest absolute Gasteiger partial charge is 0.461 e. The van der Waals surface area contributed by atoms with Crippen LogP contribution in [0.3, 0.4) is 0 Å². The second-order valence-electron chi connectivity index (χ2n) is 3.38. The van der Waals surface area contributed by atoms with E-state index in [0.717, 1.165) is 0 Å². The minimum absolute atomic E-state index is 0.113. The highest BCUT2D eigenvalue weighted by Crippen LogP contribution is 2.36. The zero-order chi connectivity index (χ0) is 14.8. The van der Waals surface area contributed by atoms with Gasteiger partial charge in [0.15, 0.2) is 11.4 Å². The Morgan fingerprint density at radius 1 is 1.47 bits per heavy atom. The van der Waals surface area contributed by atoms with Crippen LogP contribution in [0.25, 0.3) is 0 Å². The van der Waals surface area contributed by atoms with Gasteiger partial charge in [-0.05, 0) is 13.0 Å². The fourth-order valence-corrected chi connectivity index (χ4v) is 1.30. The summed E-state index contributed by atoms with van der Waals surface area (Å²) in [5.74, 6) is -1.20. The minimum atomic E-state index is -5.12. The summed E-state index contributed by atoms with van der Waals surface area (Å²) in [6.45, 7) is 1.31. The quantitative estimate of drug-likeness (QED) is 0.684. The van der Waals surface area contributed by atoms with Crippen molar-refractivity contribution in [2.75, 3.05) is 12.3 Å². The maximum atomic E-state index is 12.6. The van der Waals surface area contributed by atoms with E-state index in [2.05, 4.69) is 9.72 Å². The molecule has 0 unspecified atom stereocenters. The topological polar surface area (TPSA) is 65.2 Å².